The molecule has 0 fully saturated rings. The maximum atomic E-state index is 5.90. The lowest BCUT2D eigenvalue weighted by Crippen LogP contribution is -1.85. The van der Waals surface area contributed by atoms with E-state index in [-0.39, 0.29) is 0 Å². The first-order chi connectivity index (χ1) is 4.70. The van der Waals surface area contributed by atoms with Crippen molar-refractivity contribution >= 4 is 11.6 Å². The summed E-state index contributed by atoms with van der Waals surface area (Å²) in [5.41, 5.74) is 1.25. The highest BCUT2D eigenvalue weighted by molar-refractivity contribution is 6.30. The number of halogens is 1. The van der Waals surface area contributed by atoms with Crippen LogP contribution >= 0.6 is 11.6 Å². The van der Waals surface area contributed by atoms with Gasteiger partial charge in [0.05, 0.1) is 0 Å². The fourth-order valence-electron chi connectivity index (χ4n) is 0.806. The van der Waals surface area contributed by atoms with Crippen LogP contribution in [-0.4, -0.2) is 0 Å². The van der Waals surface area contributed by atoms with Crippen molar-refractivity contribution < 1.29 is 0 Å². The summed E-state index contributed by atoms with van der Waals surface area (Å²) in [6.45, 7) is 4.15. The minimum absolute atomic E-state index is 0.371. The Kier molecular flexibility index (Phi) is 2.34. The molecule has 1 heteroatoms. The average molecular weight is 155 g/mol. The third-order valence-corrected chi connectivity index (χ3v) is 2.06. The molecule has 1 atom stereocenters. The molecule has 0 aromatic carbocycles. The van der Waals surface area contributed by atoms with Crippen LogP contribution in [-0.2, 0) is 0 Å². The normalized spacial score (nSPS) is 25.3. The highest BCUT2D eigenvalue weighted by Gasteiger charge is 2.02. The molecule has 0 aromatic heterocycles. The number of hydrogen-bond donors (Lipinski definition) is 0. The van der Waals surface area contributed by atoms with Crippen LogP contribution < -0.4 is 0 Å². The van der Waals surface area contributed by atoms with Crippen molar-refractivity contribution in [1.82, 2.24) is 0 Å². The second-order valence-electron chi connectivity index (χ2n) is 2.61. The third kappa shape index (κ3) is 1.74. The van der Waals surface area contributed by atoms with Gasteiger partial charge in [-0.05, 0) is 13.0 Å². The van der Waals surface area contributed by atoms with Crippen molar-refractivity contribution in [3.8, 4) is 0 Å². The first-order valence-electron chi connectivity index (χ1n) is 3.42. The molecule has 0 spiro atoms. The molecular weight excluding hydrogens is 144 g/mol. The van der Waals surface area contributed by atoms with Crippen molar-refractivity contribution in [2.75, 3.05) is 0 Å². The van der Waals surface area contributed by atoms with Gasteiger partial charge in [-0.3, -0.25) is 0 Å². The van der Waals surface area contributed by atoms with Crippen LogP contribution in [0.25, 0.3) is 0 Å². The molecule has 0 radical (unpaired) electrons. The monoisotopic (exact) mass is 154 g/mol. The van der Waals surface area contributed by atoms with Gasteiger partial charge in [0.2, 0.25) is 0 Å². The first kappa shape index (κ1) is 7.62. The van der Waals surface area contributed by atoms with Crippen LogP contribution in [0.4, 0.5) is 0 Å². The zero-order chi connectivity index (χ0) is 7.56. The summed E-state index contributed by atoms with van der Waals surface area (Å²) in [6.07, 6.45) is 8.19. The lowest BCUT2D eigenvalue weighted by molar-refractivity contribution is 0.920. The van der Waals surface area contributed by atoms with Gasteiger partial charge in [0.1, 0.15) is 0 Å². The highest BCUT2D eigenvalue weighted by atomic mass is 35.5. The van der Waals surface area contributed by atoms with Gasteiger partial charge in [-0.15, -0.1) is 0 Å². The van der Waals surface area contributed by atoms with Crippen molar-refractivity contribution in [3.63, 3.8) is 0 Å². The van der Waals surface area contributed by atoms with Gasteiger partial charge in [0.15, 0.2) is 0 Å². The van der Waals surface area contributed by atoms with E-state index in [9.17, 15) is 0 Å². The lowest BCUT2D eigenvalue weighted by atomic mass is 10.1. The summed E-state index contributed by atoms with van der Waals surface area (Å²) in [5.74, 6) is 0.371. The van der Waals surface area contributed by atoms with E-state index in [2.05, 4.69) is 26.0 Å². The van der Waals surface area contributed by atoms with E-state index in [1.165, 1.54) is 5.57 Å². The molecule has 1 rings (SSSR count). The summed E-state index contributed by atoms with van der Waals surface area (Å²) < 4.78 is 0. The van der Waals surface area contributed by atoms with Crippen LogP contribution in [0.1, 0.15) is 13.8 Å². The van der Waals surface area contributed by atoms with Crippen molar-refractivity contribution in [2.45, 2.75) is 13.8 Å². The van der Waals surface area contributed by atoms with Crippen molar-refractivity contribution in [3.05, 3.63) is 34.9 Å². The first-order valence-corrected chi connectivity index (χ1v) is 3.80. The number of hydrogen-bond acceptors (Lipinski definition) is 0. The Bertz CT molecular complexity index is 209. The second kappa shape index (κ2) is 3.07. The Labute approximate surface area is 66.9 Å². The van der Waals surface area contributed by atoms with Crippen LogP contribution in [0, 0.1) is 5.92 Å². The van der Waals surface area contributed by atoms with Gasteiger partial charge in [-0.25, -0.2) is 0 Å². The average Bonchev–Trinajstić information content (AvgIpc) is 2.04. The molecule has 0 saturated carbocycles. The molecule has 0 heterocycles. The Hall–Kier alpha value is -0.490. The van der Waals surface area contributed by atoms with Crippen molar-refractivity contribution in [2.24, 2.45) is 5.92 Å². The minimum atomic E-state index is 0.371. The predicted octanol–water partition coefficient (Wildman–Crippen LogP) is 3.26. The summed E-state index contributed by atoms with van der Waals surface area (Å²) in [6, 6.07) is 0. The lowest BCUT2D eigenvalue weighted by Gasteiger charge is -1.99. The van der Waals surface area contributed by atoms with Crippen LogP contribution in [0.15, 0.2) is 34.9 Å². The Morgan fingerprint density at radius 1 is 1.40 bits per heavy atom. The summed E-state index contributed by atoms with van der Waals surface area (Å²) in [4.78, 5) is 0. The molecule has 0 N–H and O–H groups in total. The maximum Gasteiger partial charge on any atom is 0.0247 e. The fourth-order valence-corrected chi connectivity index (χ4v) is 0.942. The molecule has 0 nitrogen and oxygen atoms in total. The largest absolute Gasteiger partial charge is 0.0885 e. The minimum Gasteiger partial charge on any atom is -0.0885 e. The Morgan fingerprint density at radius 2 is 2.10 bits per heavy atom. The zero-order valence-electron chi connectivity index (χ0n) is 6.26. The topological polar surface area (TPSA) is 0 Å². The van der Waals surface area contributed by atoms with E-state index < -0.39 is 0 Å². The van der Waals surface area contributed by atoms with Gasteiger partial charge in [-0.2, -0.15) is 0 Å². The Morgan fingerprint density at radius 3 is 2.80 bits per heavy atom. The van der Waals surface area contributed by atoms with Gasteiger partial charge in [-0.1, -0.05) is 42.3 Å². The molecule has 1 aliphatic rings. The third-order valence-electron chi connectivity index (χ3n) is 1.59. The summed E-state index contributed by atoms with van der Waals surface area (Å²) in [5, 5.41) is 0.910. The van der Waals surface area contributed by atoms with Gasteiger partial charge in [0.25, 0.3) is 0 Å². The standard InChI is InChI=1S/C9H11Cl/c1-7-3-5-8(2)9(10)6-4-7/h3-6,8H,1-2H3. The molecule has 1 unspecified atom stereocenters. The zero-order valence-corrected chi connectivity index (χ0v) is 7.02. The van der Waals surface area contributed by atoms with Crippen LogP contribution in [0.2, 0.25) is 0 Å². The van der Waals surface area contributed by atoms with Crippen LogP contribution in [0.3, 0.4) is 0 Å². The van der Waals surface area contributed by atoms with E-state index in [1.807, 2.05) is 12.2 Å². The molecule has 0 bridgehead atoms. The molecule has 54 valence electrons. The Balaban J connectivity index is 2.88. The molecule has 1 aliphatic carbocycles. The van der Waals surface area contributed by atoms with Gasteiger partial charge >= 0.3 is 0 Å². The van der Waals surface area contributed by atoms with Crippen molar-refractivity contribution in [1.29, 1.82) is 0 Å². The predicted molar refractivity (Wildman–Crippen MR) is 46.0 cm³/mol. The van der Waals surface area contributed by atoms with Gasteiger partial charge < -0.3 is 0 Å². The van der Waals surface area contributed by atoms with E-state index in [0.29, 0.717) is 5.92 Å². The second-order valence-corrected chi connectivity index (χ2v) is 3.05. The SMILES string of the molecule is CC1=CC=C(Cl)C(C)C=C1. The number of allylic oxidation sites excluding steroid dienone is 6. The quantitative estimate of drug-likeness (QED) is 0.503. The smallest absolute Gasteiger partial charge is 0.0247 e. The van der Waals surface area contributed by atoms with Gasteiger partial charge in [0, 0.05) is 11.0 Å². The van der Waals surface area contributed by atoms with E-state index in [4.69, 9.17) is 11.6 Å². The van der Waals surface area contributed by atoms with E-state index in [1.54, 1.807) is 0 Å². The molecule has 0 aromatic rings. The summed E-state index contributed by atoms with van der Waals surface area (Å²) >= 11 is 5.90. The fraction of sp³-hybridized carbons (Fsp3) is 0.333. The van der Waals surface area contributed by atoms with E-state index in [0.717, 1.165) is 5.03 Å². The molecule has 0 saturated heterocycles. The van der Waals surface area contributed by atoms with E-state index >= 15 is 0 Å². The molecule has 0 amide bonds. The molecular formula is C9H11Cl. The maximum absolute atomic E-state index is 5.90. The summed E-state index contributed by atoms with van der Waals surface area (Å²) in [7, 11) is 0. The van der Waals surface area contributed by atoms with Crippen LogP contribution in [0.5, 0.6) is 0 Å². The number of rotatable bonds is 0. The highest BCUT2D eigenvalue weighted by Crippen LogP contribution is 2.20. The molecule has 0 aliphatic heterocycles. The molecule has 10 heavy (non-hydrogen) atoms.